The molecule has 4 heterocycles. The van der Waals surface area contributed by atoms with E-state index in [1.54, 1.807) is 43.3 Å². The Balaban J connectivity index is 0.00000450. The Kier molecular flexibility index (Phi) is 10.4. The number of carbonyl (C=O) groups excluding carboxylic acids is 2. The highest BCUT2D eigenvalue weighted by Gasteiger charge is 2.35. The predicted octanol–water partition coefficient (Wildman–Crippen LogP) is 7.18. The number of halogens is 2. The van der Waals surface area contributed by atoms with E-state index in [4.69, 9.17) is 14.2 Å². The summed E-state index contributed by atoms with van der Waals surface area (Å²) in [4.78, 5) is 35.4. The normalized spacial score (nSPS) is 16.4. The van der Waals surface area contributed by atoms with E-state index in [0.717, 1.165) is 31.6 Å². The third-order valence-corrected chi connectivity index (χ3v) is 10.7. The first-order chi connectivity index (χ1) is 25.7. The zero-order chi connectivity index (χ0) is 36.8. The van der Waals surface area contributed by atoms with Crippen molar-refractivity contribution in [3.05, 3.63) is 124 Å². The molecule has 0 unspecified atom stereocenters. The van der Waals surface area contributed by atoms with Gasteiger partial charge in [0.1, 0.15) is 11.6 Å². The Hall–Kier alpha value is -5.36. The second kappa shape index (κ2) is 15.2. The van der Waals surface area contributed by atoms with Crippen LogP contribution in [0, 0.1) is 19.7 Å². The van der Waals surface area contributed by atoms with Crippen LogP contribution < -0.4 is 14.4 Å². The van der Waals surface area contributed by atoms with Crippen LogP contribution in [0.15, 0.2) is 84.9 Å². The molecule has 10 nitrogen and oxygen atoms in total. The van der Waals surface area contributed by atoms with E-state index in [1.165, 1.54) is 28.7 Å². The molecule has 54 heavy (non-hydrogen) atoms. The molecule has 1 atom stereocenters. The first-order valence-corrected chi connectivity index (χ1v) is 17.8. The highest BCUT2D eigenvalue weighted by Crippen LogP contribution is 2.42. The molecule has 5 aromatic rings. The second-order valence-corrected chi connectivity index (χ2v) is 13.9. The van der Waals surface area contributed by atoms with Gasteiger partial charge in [0.2, 0.25) is 6.79 Å². The van der Waals surface area contributed by atoms with Crippen molar-refractivity contribution < 1.29 is 33.3 Å². The number of benzene rings is 4. The molecule has 0 aliphatic carbocycles. The van der Waals surface area contributed by atoms with Crippen molar-refractivity contribution in [2.45, 2.75) is 32.9 Å². The first kappa shape index (κ1) is 37.0. The van der Waals surface area contributed by atoms with Crippen LogP contribution in [0.4, 0.5) is 15.8 Å². The van der Waals surface area contributed by atoms with E-state index in [1.807, 2.05) is 41.6 Å². The average molecular weight is 753 g/mol. The molecule has 1 N–H and O–H groups in total. The van der Waals surface area contributed by atoms with E-state index >= 15 is 4.79 Å². The molecule has 8 rings (SSSR count). The van der Waals surface area contributed by atoms with Crippen LogP contribution in [-0.2, 0) is 24.8 Å². The van der Waals surface area contributed by atoms with Crippen molar-refractivity contribution in [1.82, 2.24) is 14.4 Å². The molecule has 3 aliphatic heterocycles. The lowest BCUT2D eigenvalue weighted by Gasteiger charge is -2.40. The number of hydrogen-bond donors (Lipinski definition) is 1. The number of aromatic hydroxyl groups is 1. The summed E-state index contributed by atoms with van der Waals surface area (Å²) < 4.78 is 34.0. The summed E-state index contributed by atoms with van der Waals surface area (Å²) in [6.45, 7) is 7.68. The van der Waals surface area contributed by atoms with Crippen LogP contribution in [0.3, 0.4) is 0 Å². The van der Waals surface area contributed by atoms with Crippen LogP contribution >= 0.6 is 12.4 Å². The molecule has 0 bridgehead atoms. The monoisotopic (exact) mass is 752 g/mol. The Morgan fingerprint density at radius 2 is 1.56 bits per heavy atom. The third-order valence-electron chi connectivity index (χ3n) is 10.7. The number of fused-ring (bicyclic) bond motifs is 2. The lowest BCUT2D eigenvalue weighted by Crippen LogP contribution is -2.52. The van der Waals surface area contributed by atoms with Gasteiger partial charge in [-0.3, -0.25) is 19.4 Å². The van der Waals surface area contributed by atoms with Crippen LogP contribution in [-0.4, -0.2) is 77.0 Å². The zero-order valence-corrected chi connectivity index (χ0v) is 31.2. The minimum atomic E-state index is -0.444. The number of phenols is 1. The van der Waals surface area contributed by atoms with Crippen LogP contribution in [0.1, 0.15) is 43.1 Å². The predicted molar refractivity (Wildman–Crippen MR) is 206 cm³/mol. The molecule has 280 valence electrons. The van der Waals surface area contributed by atoms with Crippen LogP contribution in [0.5, 0.6) is 17.2 Å². The first-order valence-electron chi connectivity index (χ1n) is 17.8. The lowest BCUT2D eigenvalue weighted by atomic mass is 9.92. The molecule has 3 aliphatic rings. The van der Waals surface area contributed by atoms with E-state index in [0.29, 0.717) is 76.3 Å². The van der Waals surface area contributed by atoms with Crippen molar-refractivity contribution in [1.29, 1.82) is 0 Å². The number of phenolic OH excluding ortho intramolecular Hbond substituents is 1. The quantitative estimate of drug-likeness (QED) is 0.188. The Morgan fingerprint density at radius 1 is 0.870 bits per heavy atom. The number of morpholine rings is 1. The molecule has 1 fully saturated rings. The average Bonchev–Trinajstić information content (AvgIpc) is 3.76. The summed E-state index contributed by atoms with van der Waals surface area (Å²) in [5.74, 6) is 0.0576. The topological polar surface area (TPSA) is 96.7 Å². The molecule has 0 saturated carbocycles. The Morgan fingerprint density at radius 3 is 2.28 bits per heavy atom. The molecular formula is C42H42ClFN4O6. The minimum absolute atomic E-state index is 0. The minimum Gasteiger partial charge on any atom is -0.508 e. The number of carbonyl (C=O) groups is 2. The summed E-state index contributed by atoms with van der Waals surface area (Å²) >= 11 is 0. The van der Waals surface area contributed by atoms with Crippen molar-refractivity contribution in [3.63, 3.8) is 0 Å². The zero-order valence-electron chi connectivity index (χ0n) is 30.4. The summed E-state index contributed by atoms with van der Waals surface area (Å²) in [5.41, 5.74) is 6.30. The molecule has 0 radical (unpaired) electrons. The van der Waals surface area contributed by atoms with Gasteiger partial charge in [0.25, 0.3) is 11.8 Å². The van der Waals surface area contributed by atoms with Crippen LogP contribution in [0.25, 0.3) is 11.3 Å². The van der Waals surface area contributed by atoms with Gasteiger partial charge in [-0.2, -0.15) is 0 Å². The molecule has 4 aromatic carbocycles. The van der Waals surface area contributed by atoms with Gasteiger partial charge >= 0.3 is 0 Å². The largest absolute Gasteiger partial charge is 0.508 e. The number of rotatable bonds is 7. The number of aryl methyl sites for hydroxylation is 1. The van der Waals surface area contributed by atoms with Crippen molar-refractivity contribution in [2.75, 3.05) is 44.5 Å². The van der Waals surface area contributed by atoms with Gasteiger partial charge in [0.15, 0.2) is 11.5 Å². The number of nitrogens with zero attached hydrogens (tertiary/aromatic N) is 4. The number of ether oxygens (including phenoxy) is 3. The molecular weight excluding hydrogens is 711 g/mol. The molecule has 2 amide bonds. The number of hydrogen-bond acceptors (Lipinski definition) is 7. The molecule has 12 heteroatoms. The van der Waals surface area contributed by atoms with Gasteiger partial charge < -0.3 is 28.8 Å². The molecule has 1 saturated heterocycles. The standard InChI is InChI=1S/C42H41FN4O6.ClH/c1-26-8-9-31(19-37(26)43)47(30-10-12-33(48)13-11-30)42(50)34-20-38(44(3)27(34)2)35-21-39-40(53-25-52-39)22-36(35)41(49)46-23-29-7-5-4-6-28(29)18-32(46)24-45-14-16-51-17-15-45;/h4-13,19-22,32,48H,14-18,23-25H2,1-3H3;1H/t32-;/m0./s1. The fraction of sp³-hybridized carbons (Fsp3) is 0.286. The number of anilines is 2. The molecule has 0 spiro atoms. The van der Waals surface area contributed by atoms with Crippen molar-refractivity contribution >= 4 is 35.6 Å². The van der Waals surface area contributed by atoms with Gasteiger partial charge in [-0.15, -0.1) is 12.4 Å². The smallest absolute Gasteiger partial charge is 0.264 e. The fourth-order valence-corrected chi connectivity index (χ4v) is 7.56. The van der Waals surface area contributed by atoms with Crippen molar-refractivity contribution in [2.24, 2.45) is 7.05 Å². The van der Waals surface area contributed by atoms with Gasteiger partial charge in [0.05, 0.1) is 30.0 Å². The van der Waals surface area contributed by atoms with Crippen molar-refractivity contribution in [3.8, 4) is 28.5 Å². The third kappa shape index (κ3) is 6.90. The Bertz CT molecular complexity index is 2220. The van der Waals surface area contributed by atoms with Gasteiger partial charge in [0, 0.05) is 61.9 Å². The maximum absolute atomic E-state index is 15.0. The summed E-state index contributed by atoms with van der Waals surface area (Å²) in [6.07, 6.45) is 0.730. The van der Waals surface area contributed by atoms with E-state index in [9.17, 15) is 14.3 Å². The summed E-state index contributed by atoms with van der Waals surface area (Å²) in [5, 5.41) is 10.0. The molecule has 1 aromatic heterocycles. The maximum Gasteiger partial charge on any atom is 0.264 e. The summed E-state index contributed by atoms with van der Waals surface area (Å²) in [6, 6.07) is 24.4. The van der Waals surface area contributed by atoms with E-state index < -0.39 is 11.7 Å². The lowest BCUT2D eigenvalue weighted by molar-refractivity contribution is 0.0193. The number of aromatic nitrogens is 1. The van der Waals surface area contributed by atoms with E-state index in [-0.39, 0.29) is 36.9 Å². The second-order valence-electron chi connectivity index (χ2n) is 13.9. The highest BCUT2D eigenvalue weighted by atomic mass is 35.5. The Labute approximate surface area is 319 Å². The van der Waals surface area contributed by atoms with Gasteiger partial charge in [-0.25, -0.2) is 4.39 Å². The SMILES string of the molecule is Cc1ccc(N(C(=O)c2cc(-c3cc4c(cc3C(=O)N3Cc5ccccc5C[C@H]3CN3CCOCC3)OCO4)n(C)c2C)c2ccc(O)cc2)cc1F.Cl. The number of amides is 2. The van der Waals surface area contributed by atoms with E-state index in [2.05, 4.69) is 17.0 Å². The van der Waals surface area contributed by atoms with Crippen LogP contribution in [0.2, 0.25) is 0 Å². The fourth-order valence-electron chi connectivity index (χ4n) is 7.56. The van der Waals surface area contributed by atoms with Gasteiger partial charge in [-0.05, 0) is 91.6 Å². The summed E-state index contributed by atoms with van der Waals surface area (Å²) in [7, 11) is 1.86. The highest BCUT2D eigenvalue weighted by molar-refractivity contribution is 6.12. The maximum atomic E-state index is 15.0. The van der Waals surface area contributed by atoms with Gasteiger partial charge in [-0.1, -0.05) is 30.3 Å².